The second-order valence-corrected chi connectivity index (χ2v) is 9.63. The van der Waals surface area contributed by atoms with Crippen LogP contribution in [0.4, 0.5) is 19.6 Å². The van der Waals surface area contributed by atoms with Gasteiger partial charge in [0.2, 0.25) is 5.91 Å². The van der Waals surface area contributed by atoms with Crippen molar-refractivity contribution in [1.29, 1.82) is 5.26 Å². The number of likely N-dealkylation sites (N-methyl/N-ethyl adjacent to an activating group) is 1. The number of halogens is 2. The van der Waals surface area contributed by atoms with Crippen LogP contribution in [-0.2, 0) is 4.79 Å². The molecular weight excluding hydrogens is 484 g/mol. The fraction of sp³-hybridized carbons (Fsp3) is 0.240. The van der Waals surface area contributed by atoms with Crippen LogP contribution in [0.1, 0.15) is 18.9 Å². The molecule has 1 aromatic carbocycles. The molecule has 0 bridgehead atoms. The van der Waals surface area contributed by atoms with Crippen LogP contribution in [0.25, 0.3) is 32.2 Å². The number of hydrogen-bond acceptors (Lipinski definition) is 8. The van der Waals surface area contributed by atoms with Crippen molar-refractivity contribution >= 4 is 49.1 Å². The van der Waals surface area contributed by atoms with Gasteiger partial charge in [0.05, 0.1) is 21.7 Å². The molecule has 0 spiro atoms. The summed E-state index contributed by atoms with van der Waals surface area (Å²) < 4.78 is 30.5. The Hall–Kier alpha value is -4.17. The number of likely N-dealkylation sites (tertiary alicyclic amines) is 1. The molecule has 4 heterocycles. The Morgan fingerprint density at radius 1 is 1.36 bits per heavy atom. The number of anilines is 2. The lowest BCUT2D eigenvalue weighted by Crippen LogP contribution is -2.43. The zero-order chi connectivity index (χ0) is 25.7. The highest BCUT2D eigenvalue weighted by Gasteiger charge is 2.36. The van der Waals surface area contributed by atoms with E-state index in [1.165, 1.54) is 30.7 Å². The number of rotatable bonds is 4. The van der Waals surface area contributed by atoms with Crippen LogP contribution in [0.15, 0.2) is 37.3 Å². The molecule has 8 nitrogen and oxygen atoms in total. The largest absolute Gasteiger partial charge is 0.389 e. The van der Waals surface area contributed by atoms with E-state index in [9.17, 15) is 14.4 Å². The van der Waals surface area contributed by atoms with E-state index in [0.29, 0.717) is 24.2 Å². The van der Waals surface area contributed by atoms with Crippen LogP contribution < -0.4 is 10.6 Å². The van der Waals surface area contributed by atoms with Crippen molar-refractivity contribution < 1.29 is 13.6 Å². The minimum absolute atomic E-state index is 0.0423. The predicted octanol–water partition coefficient (Wildman–Crippen LogP) is 4.25. The SMILES string of the molecule is C=CC(=O)N1CCC(N(C)c2ncnc3c(F)c(-c4ccc(F)c5sc(N)c(C#N)c45)ncc23)[C@H]1C. The maximum atomic E-state index is 15.9. The topological polar surface area (TPSA) is 112 Å². The highest BCUT2D eigenvalue weighted by Crippen LogP contribution is 2.42. The quantitative estimate of drug-likeness (QED) is 0.413. The number of carbonyl (C=O) groups is 1. The number of carbonyl (C=O) groups excluding carboxylic acids is 1. The summed E-state index contributed by atoms with van der Waals surface area (Å²) in [6.07, 6.45) is 4.76. The average Bonchev–Trinajstić information content (AvgIpc) is 3.43. The molecule has 0 saturated carbocycles. The number of pyridine rings is 1. The minimum Gasteiger partial charge on any atom is -0.389 e. The van der Waals surface area contributed by atoms with Crippen LogP contribution in [-0.4, -0.2) is 51.4 Å². The van der Waals surface area contributed by atoms with E-state index in [1.54, 1.807) is 4.90 Å². The Balaban J connectivity index is 1.62. The van der Waals surface area contributed by atoms with Gasteiger partial charge in [-0.2, -0.15) is 5.26 Å². The Morgan fingerprint density at radius 2 is 2.14 bits per heavy atom. The summed E-state index contributed by atoms with van der Waals surface area (Å²) in [5.74, 6) is -0.924. The van der Waals surface area contributed by atoms with Crippen LogP contribution in [0, 0.1) is 23.0 Å². The average molecular weight is 506 g/mol. The monoisotopic (exact) mass is 505 g/mol. The summed E-state index contributed by atoms with van der Waals surface area (Å²) in [6, 6.07) is 4.42. The number of nitrogens with two attached hydrogens (primary N) is 1. The number of nitrogen functional groups attached to an aromatic ring is 1. The molecule has 3 aromatic heterocycles. The molecular formula is C25H21F2N7OS. The van der Waals surface area contributed by atoms with Gasteiger partial charge in [-0.3, -0.25) is 9.78 Å². The smallest absolute Gasteiger partial charge is 0.246 e. The van der Waals surface area contributed by atoms with Crippen LogP contribution >= 0.6 is 11.3 Å². The summed E-state index contributed by atoms with van der Waals surface area (Å²) in [5.41, 5.74) is 6.25. The molecule has 1 fully saturated rings. The van der Waals surface area contributed by atoms with Crippen LogP contribution in [0.3, 0.4) is 0 Å². The first kappa shape index (κ1) is 23.6. The van der Waals surface area contributed by atoms with E-state index in [0.717, 1.165) is 11.3 Å². The summed E-state index contributed by atoms with van der Waals surface area (Å²) in [4.78, 5) is 28.7. The van der Waals surface area contributed by atoms with Crippen molar-refractivity contribution in [2.24, 2.45) is 0 Å². The van der Waals surface area contributed by atoms with E-state index >= 15 is 4.39 Å². The number of nitrogens with zero attached hydrogens (tertiary/aromatic N) is 6. The highest BCUT2D eigenvalue weighted by atomic mass is 32.1. The standard InChI is InChI=1S/C25H21F2N7OS/c1-4-18(35)34-8-7-17(12(34)2)33(3)25-15-10-30-21(20(27)22(15)31-11-32-25)13-5-6-16(26)23-19(13)14(9-28)24(29)36-23/h4-6,10-12,17H,1,7-8,29H2,2-3H3/t12-,17?/m1/s1. The molecule has 0 aliphatic carbocycles. The normalized spacial score (nSPS) is 17.5. The van der Waals surface area contributed by atoms with Gasteiger partial charge >= 0.3 is 0 Å². The molecule has 1 aliphatic heterocycles. The van der Waals surface area contributed by atoms with Crippen molar-refractivity contribution in [3.05, 3.63) is 54.5 Å². The van der Waals surface area contributed by atoms with E-state index < -0.39 is 11.6 Å². The van der Waals surface area contributed by atoms with Crippen LogP contribution in [0.5, 0.6) is 0 Å². The molecule has 1 aliphatic rings. The van der Waals surface area contributed by atoms with Gasteiger partial charge in [0.15, 0.2) is 5.82 Å². The summed E-state index contributed by atoms with van der Waals surface area (Å²) in [5, 5.41) is 10.4. The fourth-order valence-electron chi connectivity index (χ4n) is 4.97. The number of nitriles is 1. The lowest BCUT2D eigenvalue weighted by atomic mass is 10.0. The molecule has 1 amide bonds. The van der Waals surface area contributed by atoms with Crippen LogP contribution in [0.2, 0.25) is 0 Å². The third kappa shape index (κ3) is 3.45. The summed E-state index contributed by atoms with van der Waals surface area (Å²) in [6.45, 7) is 6.10. The van der Waals surface area contributed by atoms with Gasteiger partial charge in [0.25, 0.3) is 0 Å². The van der Waals surface area contributed by atoms with Crippen molar-refractivity contribution in [1.82, 2.24) is 19.9 Å². The van der Waals surface area contributed by atoms with Crippen molar-refractivity contribution in [3.63, 3.8) is 0 Å². The van der Waals surface area contributed by atoms with Gasteiger partial charge in [0, 0.05) is 36.8 Å². The Labute approximate surface area is 209 Å². The Bertz CT molecular complexity index is 1600. The first-order chi connectivity index (χ1) is 17.3. The van der Waals surface area contributed by atoms with E-state index in [2.05, 4.69) is 21.5 Å². The van der Waals surface area contributed by atoms with E-state index in [1.807, 2.05) is 24.9 Å². The highest BCUT2D eigenvalue weighted by molar-refractivity contribution is 7.23. The molecule has 2 N–H and O–H groups in total. The molecule has 1 unspecified atom stereocenters. The number of amides is 1. The number of aromatic nitrogens is 3. The number of hydrogen-bond donors (Lipinski definition) is 1. The lowest BCUT2D eigenvalue weighted by Gasteiger charge is -2.31. The van der Waals surface area contributed by atoms with Crippen molar-refractivity contribution in [2.45, 2.75) is 25.4 Å². The van der Waals surface area contributed by atoms with Gasteiger partial charge in [0.1, 0.15) is 40.2 Å². The maximum absolute atomic E-state index is 15.9. The lowest BCUT2D eigenvalue weighted by molar-refractivity contribution is -0.126. The van der Waals surface area contributed by atoms with Crippen molar-refractivity contribution in [3.8, 4) is 17.3 Å². The minimum atomic E-state index is -0.714. The zero-order valence-corrected chi connectivity index (χ0v) is 20.3. The third-order valence-electron chi connectivity index (χ3n) is 6.79. The Morgan fingerprint density at radius 3 is 2.86 bits per heavy atom. The molecule has 11 heteroatoms. The summed E-state index contributed by atoms with van der Waals surface area (Å²) in [7, 11) is 1.84. The fourth-order valence-corrected chi connectivity index (χ4v) is 5.92. The molecule has 1 saturated heterocycles. The third-order valence-corrected chi connectivity index (χ3v) is 7.82. The molecule has 0 radical (unpaired) electrons. The zero-order valence-electron chi connectivity index (χ0n) is 19.5. The predicted molar refractivity (Wildman–Crippen MR) is 135 cm³/mol. The molecule has 36 heavy (non-hydrogen) atoms. The Kier molecular flexibility index (Phi) is 5.76. The van der Waals surface area contributed by atoms with Crippen molar-refractivity contribution in [2.75, 3.05) is 24.2 Å². The number of fused-ring (bicyclic) bond motifs is 2. The molecule has 2 atom stereocenters. The summed E-state index contributed by atoms with van der Waals surface area (Å²) >= 11 is 0.936. The number of benzene rings is 1. The van der Waals surface area contributed by atoms with Gasteiger partial charge in [-0.1, -0.05) is 6.58 Å². The van der Waals surface area contributed by atoms with Gasteiger partial charge in [-0.25, -0.2) is 18.7 Å². The second-order valence-electron chi connectivity index (χ2n) is 8.58. The maximum Gasteiger partial charge on any atom is 0.246 e. The first-order valence-electron chi connectivity index (χ1n) is 11.1. The molecule has 4 aromatic rings. The molecule has 5 rings (SSSR count). The van der Waals surface area contributed by atoms with Gasteiger partial charge < -0.3 is 15.5 Å². The van der Waals surface area contributed by atoms with Gasteiger partial charge in [-0.05, 0) is 31.6 Å². The first-order valence-corrected chi connectivity index (χ1v) is 12.0. The second kappa shape index (κ2) is 8.80. The number of thiophene rings is 1. The van der Waals surface area contributed by atoms with E-state index in [4.69, 9.17) is 5.73 Å². The molecule has 182 valence electrons. The van der Waals surface area contributed by atoms with E-state index in [-0.39, 0.29) is 55.4 Å². The van der Waals surface area contributed by atoms with Gasteiger partial charge in [-0.15, -0.1) is 11.3 Å².